The number of nitrogens with zero attached hydrogens (tertiary/aromatic N) is 1. The van der Waals surface area contributed by atoms with Gasteiger partial charge in [0.2, 0.25) is 0 Å². The topological polar surface area (TPSA) is 72.2 Å². The van der Waals surface area contributed by atoms with Crippen LogP contribution in [-0.2, 0) is 6.42 Å². The Hall–Kier alpha value is -2.76. The molecule has 1 amide bonds. The van der Waals surface area contributed by atoms with Crippen molar-refractivity contribution in [3.05, 3.63) is 69.5 Å². The molecule has 0 spiro atoms. The Bertz CT molecular complexity index is 701. The average Bonchev–Trinajstić information content (AvgIpc) is 2.47. The quantitative estimate of drug-likeness (QED) is 0.690. The van der Waals surface area contributed by atoms with Crippen LogP contribution in [0.15, 0.2) is 42.5 Å². The molecule has 0 saturated heterocycles. The number of carbonyl (C=O) groups is 1. The number of hydrogen-bond acceptors (Lipinski definition) is 3. The van der Waals surface area contributed by atoms with Gasteiger partial charge in [-0.1, -0.05) is 19.1 Å². The van der Waals surface area contributed by atoms with E-state index >= 15 is 0 Å². The highest BCUT2D eigenvalue weighted by Crippen LogP contribution is 2.19. The lowest BCUT2D eigenvalue weighted by molar-refractivity contribution is -0.384. The van der Waals surface area contributed by atoms with Gasteiger partial charge < -0.3 is 5.32 Å². The third-order valence-electron chi connectivity index (χ3n) is 3.00. The molecule has 0 radical (unpaired) electrons. The van der Waals surface area contributed by atoms with Crippen molar-refractivity contribution in [3.63, 3.8) is 0 Å². The minimum Gasteiger partial charge on any atom is -0.322 e. The Kier molecular flexibility index (Phi) is 4.27. The lowest BCUT2D eigenvalue weighted by Gasteiger charge is -2.07. The van der Waals surface area contributed by atoms with Crippen LogP contribution in [0.1, 0.15) is 22.8 Å². The monoisotopic (exact) mass is 288 g/mol. The van der Waals surface area contributed by atoms with Crippen molar-refractivity contribution in [1.29, 1.82) is 0 Å². The standard InChI is InChI=1S/C15H13FN2O3/c1-2-10-4-3-5-11(8-10)17-15(19)13-9-12(18(20)21)6-7-14(13)16/h3-9H,2H2,1H3,(H,17,19). The first kappa shape index (κ1) is 14.6. The average molecular weight is 288 g/mol. The molecule has 108 valence electrons. The van der Waals surface area contributed by atoms with Crippen molar-refractivity contribution in [1.82, 2.24) is 0 Å². The number of rotatable bonds is 4. The summed E-state index contributed by atoms with van der Waals surface area (Å²) < 4.78 is 13.6. The molecule has 0 aliphatic carbocycles. The van der Waals surface area contributed by atoms with Gasteiger partial charge >= 0.3 is 0 Å². The zero-order valence-electron chi connectivity index (χ0n) is 11.3. The number of amides is 1. The van der Waals surface area contributed by atoms with E-state index in [1.165, 1.54) is 0 Å². The van der Waals surface area contributed by atoms with Crippen LogP contribution in [-0.4, -0.2) is 10.8 Å². The molecule has 2 aromatic carbocycles. The van der Waals surface area contributed by atoms with Crippen LogP contribution >= 0.6 is 0 Å². The van der Waals surface area contributed by atoms with E-state index < -0.39 is 16.6 Å². The molecular formula is C15H13FN2O3. The fraction of sp³-hybridized carbons (Fsp3) is 0.133. The summed E-state index contributed by atoms with van der Waals surface area (Å²) in [7, 11) is 0. The lowest BCUT2D eigenvalue weighted by atomic mass is 10.1. The summed E-state index contributed by atoms with van der Waals surface area (Å²) in [5.74, 6) is -1.52. The Labute approximate surface area is 120 Å². The van der Waals surface area contributed by atoms with Crippen molar-refractivity contribution in [2.45, 2.75) is 13.3 Å². The second-order valence-electron chi connectivity index (χ2n) is 4.43. The number of anilines is 1. The van der Waals surface area contributed by atoms with Gasteiger partial charge in [0, 0.05) is 17.8 Å². The molecule has 0 atom stereocenters. The van der Waals surface area contributed by atoms with Gasteiger partial charge in [-0.05, 0) is 30.2 Å². The number of nitrogens with one attached hydrogen (secondary N) is 1. The van der Waals surface area contributed by atoms with E-state index in [9.17, 15) is 19.3 Å². The molecule has 0 saturated carbocycles. The molecule has 2 aromatic rings. The van der Waals surface area contributed by atoms with Crippen LogP contribution in [0.2, 0.25) is 0 Å². The normalized spacial score (nSPS) is 10.2. The molecule has 5 nitrogen and oxygen atoms in total. The van der Waals surface area contributed by atoms with Crippen LogP contribution < -0.4 is 5.32 Å². The molecule has 0 aliphatic rings. The van der Waals surface area contributed by atoms with E-state index in [1.807, 2.05) is 13.0 Å². The number of nitro groups is 1. The van der Waals surface area contributed by atoms with Crippen molar-refractivity contribution < 1.29 is 14.1 Å². The fourth-order valence-electron chi connectivity index (χ4n) is 1.87. The van der Waals surface area contributed by atoms with E-state index in [1.54, 1.807) is 18.2 Å². The summed E-state index contributed by atoms with van der Waals surface area (Å²) >= 11 is 0. The van der Waals surface area contributed by atoms with E-state index in [4.69, 9.17) is 0 Å². The number of carbonyl (C=O) groups excluding carboxylic acids is 1. The van der Waals surface area contributed by atoms with Gasteiger partial charge in [-0.2, -0.15) is 0 Å². The number of nitro benzene ring substituents is 1. The van der Waals surface area contributed by atoms with Crippen LogP contribution in [0.5, 0.6) is 0 Å². The van der Waals surface area contributed by atoms with Gasteiger partial charge in [0.25, 0.3) is 11.6 Å². The predicted molar refractivity (Wildman–Crippen MR) is 76.8 cm³/mol. The number of halogens is 1. The van der Waals surface area contributed by atoms with Gasteiger partial charge in [-0.25, -0.2) is 4.39 Å². The van der Waals surface area contributed by atoms with E-state index in [2.05, 4.69) is 5.32 Å². The summed E-state index contributed by atoms with van der Waals surface area (Å²) in [6, 6.07) is 9.98. The molecule has 0 bridgehead atoms. The Morgan fingerprint density at radius 2 is 2.05 bits per heavy atom. The van der Waals surface area contributed by atoms with Gasteiger partial charge in [-0.3, -0.25) is 14.9 Å². The molecule has 0 aromatic heterocycles. The van der Waals surface area contributed by atoms with Crippen molar-refractivity contribution >= 4 is 17.3 Å². The highest BCUT2D eigenvalue weighted by Gasteiger charge is 2.17. The summed E-state index contributed by atoms with van der Waals surface area (Å²) in [5.41, 5.74) is 0.854. The van der Waals surface area contributed by atoms with E-state index in [0.717, 1.165) is 30.2 Å². The van der Waals surface area contributed by atoms with Crippen molar-refractivity contribution in [2.24, 2.45) is 0 Å². The molecule has 21 heavy (non-hydrogen) atoms. The fourth-order valence-corrected chi connectivity index (χ4v) is 1.87. The zero-order valence-corrected chi connectivity index (χ0v) is 11.3. The molecule has 6 heteroatoms. The molecule has 0 unspecified atom stereocenters. The smallest absolute Gasteiger partial charge is 0.270 e. The minimum atomic E-state index is -0.801. The first-order valence-electron chi connectivity index (χ1n) is 6.35. The molecule has 0 fully saturated rings. The van der Waals surface area contributed by atoms with Gasteiger partial charge in [0.05, 0.1) is 10.5 Å². The molecular weight excluding hydrogens is 275 g/mol. The van der Waals surface area contributed by atoms with Gasteiger partial charge in [-0.15, -0.1) is 0 Å². The largest absolute Gasteiger partial charge is 0.322 e. The first-order chi connectivity index (χ1) is 10.0. The SMILES string of the molecule is CCc1cccc(NC(=O)c2cc([N+](=O)[O-])ccc2F)c1. The zero-order chi connectivity index (χ0) is 15.4. The highest BCUT2D eigenvalue weighted by molar-refractivity contribution is 6.04. The Morgan fingerprint density at radius 3 is 2.71 bits per heavy atom. The maximum Gasteiger partial charge on any atom is 0.270 e. The maximum absolute atomic E-state index is 13.6. The van der Waals surface area contributed by atoms with Crippen molar-refractivity contribution in [3.8, 4) is 0 Å². The Balaban J connectivity index is 2.27. The molecule has 0 heterocycles. The van der Waals surface area contributed by atoms with Crippen LogP contribution in [0.25, 0.3) is 0 Å². The summed E-state index contributed by atoms with van der Waals surface area (Å²) in [6.45, 7) is 1.97. The summed E-state index contributed by atoms with van der Waals surface area (Å²) in [5, 5.41) is 13.2. The Morgan fingerprint density at radius 1 is 1.29 bits per heavy atom. The number of benzene rings is 2. The van der Waals surface area contributed by atoms with Crippen LogP contribution in [0.3, 0.4) is 0 Å². The number of aryl methyl sites for hydroxylation is 1. The third-order valence-corrected chi connectivity index (χ3v) is 3.00. The predicted octanol–water partition coefficient (Wildman–Crippen LogP) is 3.55. The second kappa shape index (κ2) is 6.13. The van der Waals surface area contributed by atoms with E-state index in [0.29, 0.717) is 5.69 Å². The molecule has 1 N–H and O–H groups in total. The van der Waals surface area contributed by atoms with Crippen LogP contribution in [0.4, 0.5) is 15.8 Å². The second-order valence-corrected chi connectivity index (χ2v) is 4.43. The van der Waals surface area contributed by atoms with Gasteiger partial charge in [0.1, 0.15) is 5.82 Å². The van der Waals surface area contributed by atoms with Crippen molar-refractivity contribution in [2.75, 3.05) is 5.32 Å². The van der Waals surface area contributed by atoms with Crippen LogP contribution in [0, 0.1) is 15.9 Å². The molecule has 2 rings (SSSR count). The maximum atomic E-state index is 13.6. The summed E-state index contributed by atoms with van der Waals surface area (Å²) in [4.78, 5) is 22.0. The lowest BCUT2D eigenvalue weighted by Crippen LogP contribution is -2.14. The molecule has 0 aliphatic heterocycles. The number of hydrogen-bond donors (Lipinski definition) is 1. The van der Waals surface area contributed by atoms with Gasteiger partial charge in [0.15, 0.2) is 0 Å². The third kappa shape index (κ3) is 3.42. The minimum absolute atomic E-state index is 0.330. The highest BCUT2D eigenvalue weighted by atomic mass is 19.1. The first-order valence-corrected chi connectivity index (χ1v) is 6.35. The number of non-ortho nitro benzene ring substituents is 1. The van der Waals surface area contributed by atoms with E-state index in [-0.39, 0.29) is 11.3 Å². The summed E-state index contributed by atoms with van der Waals surface area (Å²) in [6.07, 6.45) is 0.800.